The maximum absolute atomic E-state index is 13.3. The van der Waals surface area contributed by atoms with E-state index in [4.69, 9.17) is 11.6 Å². The zero-order valence-corrected chi connectivity index (χ0v) is 12.4. The van der Waals surface area contributed by atoms with Gasteiger partial charge in [0.1, 0.15) is 5.82 Å². The normalized spacial score (nSPS) is 15.8. The third kappa shape index (κ3) is 2.66. The minimum atomic E-state index is -0.395. The summed E-state index contributed by atoms with van der Waals surface area (Å²) in [5.74, 6) is -0.163. The van der Waals surface area contributed by atoms with Crippen LogP contribution in [0, 0.1) is 5.82 Å². The molecule has 0 spiro atoms. The summed E-state index contributed by atoms with van der Waals surface area (Å²) in [5.41, 5.74) is 3.69. The minimum absolute atomic E-state index is 0.128. The highest BCUT2D eigenvalue weighted by Crippen LogP contribution is 2.34. The zero-order valence-electron chi connectivity index (χ0n) is 11.6. The van der Waals surface area contributed by atoms with Gasteiger partial charge in [-0.2, -0.15) is 0 Å². The van der Waals surface area contributed by atoms with Crippen LogP contribution in [-0.4, -0.2) is 13.0 Å². The van der Waals surface area contributed by atoms with E-state index in [1.165, 1.54) is 12.1 Å². The molecule has 0 bridgehead atoms. The Morgan fingerprint density at radius 1 is 1.14 bits per heavy atom. The van der Waals surface area contributed by atoms with Gasteiger partial charge in [0.15, 0.2) is 0 Å². The van der Waals surface area contributed by atoms with Gasteiger partial charge in [-0.1, -0.05) is 24.3 Å². The van der Waals surface area contributed by atoms with E-state index in [0.717, 1.165) is 28.8 Å². The van der Waals surface area contributed by atoms with E-state index in [9.17, 15) is 9.18 Å². The summed E-state index contributed by atoms with van der Waals surface area (Å²) in [5, 5.41) is -0.395. The first kappa shape index (κ1) is 14.1. The molecule has 0 saturated carbocycles. The number of aryl methyl sites for hydroxylation is 1. The van der Waals surface area contributed by atoms with Crippen molar-refractivity contribution in [2.45, 2.75) is 18.2 Å². The lowest BCUT2D eigenvalue weighted by Crippen LogP contribution is -2.31. The first-order valence-electron chi connectivity index (χ1n) is 6.85. The molecule has 1 aliphatic rings. The Kier molecular flexibility index (Phi) is 3.68. The minimum Gasteiger partial charge on any atom is -0.315 e. The molecule has 3 rings (SSSR count). The summed E-state index contributed by atoms with van der Waals surface area (Å²) in [4.78, 5) is 13.4. The molecule has 2 nitrogen and oxygen atoms in total. The van der Waals surface area contributed by atoms with Gasteiger partial charge in [0.2, 0.25) is 5.91 Å². The summed E-state index contributed by atoms with van der Waals surface area (Å²) in [6.45, 7) is 0. The molecule has 0 radical (unpaired) electrons. The molecule has 0 fully saturated rings. The smallest absolute Gasteiger partial charge is 0.227 e. The van der Waals surface area contributed by atoms with Crippen LogP contribution < -0.4 is 4.90 Å². The van der Waals surface area contributed by atoms with Gasteiger partial charge in [0.05, 0.1) is 5.38 Å². The van der Waals surface area contributed by atoms with Crippen LogP contribution in [0.3, 0.4) is 0 Å². The number of alkyl halides is 1. The van der Waals surface area contributed by atoms with Gasteiger partial charge in [-0.25, -0.2) is 4.39 Å². The molecule has 108 valence electrons. The van der Waals surface area contributed by atoms with Gasteiger partial charge in [0, 0.05) is 19.2 Å². The van der Waals surface area contributed by atoms with Gasteiger partial charge < -0.3 is 4.90 Å². The van der Waals surface area contributed by atoms with Crippen LogP contribution in [0.4, 0.5) is 10.1 Å². The summed E-state index contributed by atoms with van der Waals surface area (Å²) < 4.78 is 13.3. The molecule has 4 heteroatoms. The van der Waals surface area contributed by atoms with Crippen LogP contribution in [-0.2, 0) is 11.2 Å². The highest BCUT2D eigenvalue weighted by molar-refractivity contribution is 6.22. The standard InChI is InChI=1S/C17H15ClFNO/c1-20-15-7-5-13(9-11(15)6-8-16(20)21)17(18)12-3-2-4-14(19)10-12/h2-5,7,9-10,17H,6,8H2,1H3. The van der Waals surface area contributed by atoms with Gasteiger partial charge in [0.25, 0.3) is 0 Å². The average Bonchev–Trinajstić information content (AvgIpc) is 2.50. The van der Waals surface area contributed by atoms with Crippen LogP contribution in [0.5, 0.6) is 0 Å². The maximum Gasteiger partial charge on any atom is 0.227 e. The van der Waals surface area contributed by atoms with Gasteiger partial charge >= 0.3 is 0 Å². The Bertz CT molecular complexity index is 701. The third-order valence-corrected chi connectivity index (χ3v) is 4.39. The van der Waals surface area contributed by atoms with E-state index in [-0.39, 0.29) is 11.7 Å². The second kappa shape index (κ2) is 5.49. The third-order valence-electron chi connectivity index (χ3n) is 3.88. The molecule has 0 saturated heterocycles. The van der Waals surface area contributed by atoms with Crippen molar-refractivity contribution in [2.75, 3.05) is 11.9 Å². The van der Waals surface area contributed by atoms with Gasteiger partial charge in [-0.05, 0) is 41.3 Å². The van der Waals surface area contributed by atoms with Crippen molar-refractivity contribution in [2.24, 2.45) is 0 Å². The molecular formula is C17H15ClFNO. The summed E-state index contributed by atoms with van der Waals surface area (Å²) >= 11 is 6.46. The molecule has 1 heterocycles. The molecule has 0 aliphatic carbocycles. The zero-order chi connectivity index (χ0) is 15.0. The Morgan fingerprint density at radius 2 is 1.90 bits per heavy atom. The molecule has 2 aromatic rings. The van der Waals surface area contributed by atoms with Crippen LogP contribution >= 0.6 is 11.6 Å². The molecule has 21 heavy (non-hydrogen) atoms. The van der Waals surface area contributed by atoms with E-state index < -0.39 is 5.38 Å². The first-order chi connectivity index (χ1) is 10.1. The number of carbonyl (C=O) groups is 1. The fraction of sp³-hybridized carbons (Fsp3) is 0.235. The van der Waals surface area contributed by atoms with Crippen molar-refractivity contribution >= 4 is 23.2 Å². The maximum atomic E-state index is 13.3. The fourth-order valence-corrected chi connectivity index (χ4v) is 2.96. The van der Waals surface area contributed by atoms with Crippen LogP contribution in [0.1, 0.15) is 28.5 Å². The monoisotopic (exact) mass is 303 g/mol. The number of anilines is 1. The van der Waals surface area contributed by atoms with E-state index >= 15 is 0 Å². The van der Waals surface area contributed by atoms with Crippen molar-refractivity contribution in [3.05, 3.63) is 65.0 Å². The predicted molar refractivity (Wildman–Crippen MR) is 82.3 cm³/mol. The number of benzene rings is 2. The average molecular weight is 304 g/mol. The Hall–Kier alpha value is -1.87. The second-order valence-corrected chi connectivity index (χ2v) is 5.69. The van der Waals surface area contributed by atoms with E-state index in [2.05, 4.69) is 0 Å². The molecule has 0 N–H and O–H groups in total. The predicted octanol–water partition coefficient (Wildman–Crippen LogP) is 4.06. The van der Waals surface area contributed by atoms with Crippen LogP contribution in [0.15, 0.2) is 42.5 Å². The second-order valence-electron chi connectivity index (χ2n) is 5.26. The fourth-order valence-electron chi connectivity index (χ4n) is 2.69. The van der Waals surface area contributed by atoms with E-state index in [0.29, 0.717) is 6.42 Å². The molecule has 0 aromatic heterocycles. The van der Waals surface area contributed by atoms with Gasteiger partial charge in [-0.15, -0.1) is 11.6 Å². The first-order valence-corrected chi connectivity index (χ1v) is 7.29. The highest BCUT2D eigenvalue weighted by atomic mass is 35.5. The Labute approximate surface area is 128 Å². The molecular weight excluding hydrogens is 289 g/mol. The summed E-state index contributed by atoms with van der Waals surface area (Å²) in [6, 6.07) is 12.2. The highest BCUT2D eigenvalue weighted by Gasteiger charge is 2.22. The lowest BCUT2D eigenvalue weighted by molar-refractivity contribution is -0.118. The molecule has 1 amide bonds. The van der Waals surface area contributed by atoms with Crippen molar-refractivity contribution in [1.29, 1.82) is 0 Å². The number of nitrogens with zero attached hydrogens (tertiary/aromatic N) is 1. The van der Waals surface area contributed by atoms with Crippen molar-refractivity contribution < 1.29 is 9.18 Å². The summed E-state index contributed by atoms with van der Waals surface area (Å²) in [7, 11) is 1.78. The number of halogens is 2. The van der Waals surface area contributed by atoms with E-state index in [1.807, 2.05) is 24.3 Å². The number of hydrogen-bond acceptors (Lipinski definition) is 1. The number of rotatable bonds is 2. The Morgan fingerprint density at radius 3 is 2.67 bits per heavy atom. The molecule has 1 atom stereocenters. The number of amides is 1. The molecule has 2 aromatic carbocycles. The SMILES string of the molecule is CN1C(=O)CCc2cc(C(Cl)c3cccc(F)c3)ccc21. The van der Waals surface area contributed by atoms with Crippen LogP contribution in [0.2, 0.25) is 0 Å². The number of carbonyl (C=O) groups excluding carboxylic acids is 1. The number of fused-ring (bicyclic) bond motifs is 1. The molecule has 1 unspecified atom stereocenters. The van der Waals surface area contributed by atoms with Crippen LogP contribution in [0.25, 0.3) is 0 Å². The van der Waals surface area contributed by atoms with Crippen molar-refractivity contribution in [3.8, 4) is 0 Å². The van der Waals surface area contributed by atoms with Gasteiger partial charge in [-0.3, -0.25) is 4.79 Å². The van der Waals surface area contributed by atoms with Crippen molar-refractivity contribution in [3.63, 3.8) is 0 Å². The Balaban J connectivity index is 1.95. The quantitative estimate of drug-likeness (QED) is 0.766. The van der Waals surface area contributed by atoms with Crippen molar-refractivity contribution in [1.82, 2.24) is 0 Å². The summed E-state index contributed by atoms with van der Waals surface area (Å²) in [6.07, 6.45) is 1.24. The van der Waals surface area contributed by atoms with E-state index in [1.54, 1.807) is 18.0 Å². The lowest BCUT2D eigenvalue weighted by atomic mass is 9.96. The largest absolute Gasteiger partial charge is 0.315 e. The number of hydrogen-bond donors (Lipinski definition) is 0. The topological polar surface area (TPSA) is 20.3 Å². The molecule has 1 aliphatic heterocycles. The lowest BCUT2D eigenvalue weighted by Gasteiger charge is -2.26.